The van der Waals surface area contributed by atoms with Crippen LogP contribution in [0.2, 0.25) is 0 Å². The number of rotatable bonds is 7. The van der Waals surface area contributed by atoms with Crippen LogP contribution in [0.15, 0.2) is 4.99 Å². The van der Waals surface area contributed by atoms with E-state index in [0.717, 1.165) is 0 Å². The highest BCUT2D eigenvalue weighted by Crippen LogP contribution is 2.41. The first-order valence-electron chi connectivity index (χ1n) is 7.37. The van der Waals surface area contributed by atoms with Crippen LogP contribution < -0.4 is 0 Å². The first-order chi connectivity index (χ1) is 8.97. The zero-order valence-corrected chi connectivity index (χ0v) is 14.3. The lowest BCUT2D eigenvalue weighted by atomic mass is 9.64. The predicted molar refractivity (Wildman–Crippen MR) is 83.0 cm³/mol. The normalized spacial score (nSPS) is 17.8. The van der Waals surface area contributed by atoms with Gasteiger partial charge in [-0.15, -0.1) is 0 Å². The molecule has 0 aromatic rings. The minimum Gasteiger partial charge on any atom is -0.465 e. The number of hydrogen-bond acceptors (Lipinski definition) is 4. The highest BCUT2D eigenvalue weighted by Gasteiger charge is 2.42. The molecule has 0 rings (SSSR count). The third kappa shape index (κ3) is 4.58. The number of hydrogen-bond donors (Lipinski definition) is 1. The zero-order chi connectivity index (χ0) is 16.1. The highest BCUT2D eigenvalue weighted by molar-refractivity contribution is 5.91. The third-order valence-electron chi connectivity index (χ3n) is 4.93. The molecule has 0 aromatic heterocycles. The molecule has 0 heterocycles. The van der Waals surface area contributed by atoms with E-state index in [1.807, 2.05) is 6.92 Å². The lowest BCUT2D eigenvalue weighted by Crippen LogP contribution is -2.48. The van der Waals surface area contributed by atoms with E-state index in [4.69, 9.17) is 4.74 Å². The number of ether oxygens (including phenoxy) is 1. The molecule has 118 valence electrons. The van der Waals surface area contributed by atoms with Crippen LogP contribution in [-0.2, 0) is 9.53 Å². The van der Waals surface area contributed by atoms with Crippen molar-refractivity contribution in [2.45, 2.75) is 61.0 Å². The summed E-state index contributed by atoms with van der Waals surface area (Å²) in [5, 5.41) is 10.8. The Bertz CT molecular complexity index is 357. The second-order valence-corrected chi connectivity index (χ2v) is 6.55. The topological polar surface area (TPSA) is 58.9 Å². The zero-order valence-electron chi connectivity index (χ0n) is 14.3. The molecule has 0 spiro atoms. The number of esters is 1. The summed E-state index contributed by atoms with van der Waals surface area (Å²) in [5.74, 6) is 0.0844. The van der Waals surface area contributed by atoms with Gasteiger partial charge in [0.2, 0.25) is 0 Å². The molecule has 4 heteroatoms. The fourth-order valence-electron chi connectivity index (χ4n) is 2.09. The van der Waals surface area contributed by atoms with Crippen molar-refractivity contribution in [2.24, 2.45) is 22.2 Å². The van der Waals surface area contributed by atoms with Crippen LogP contribution in [0.4, 0.5) is 0 Å². The maximum Gasteiger partial charge on any atom is 0.327 e. The van der Waals surface area contributed by atoms with Crippen molar-refractivity contribution < 1.29 is 14.6 Å². The van der Waals surface area contributed by atoms with Gasteiger partial charge < -0.3 is 9.84 Å². The molecule has 4 nitrogen and oxygen atoms in total. The maximum atomic E-state index is 11.3. The van der Waals surface area contributed by atoms with Crippen molar-refractivity contribution in [1.82, 2.24) is 0 Å². The summed E-state index contributed by atoms with van der Waals surface area (Å²) in [6.45, 7) is 16.2. The third-order valence-corrected chi connectivity index (χ3v) is 4.93. The molecular weight excluding hydrogens is 254 g/mol. The van der Waals surface area contributed by atoms with Gasteiger partial charge in [-0.3, -0.25) is 9.79 Å². The Labute approximate surface area is 123 Å². The monoisotopic (exact) mass is 285 g/mol. The summed E-state index contributed by atoms with van der Waals surface area (Å²) in [6, 6.07) is 0. The van der Waals surface area contributed by atoms with E-state index in [0.29, 0.717) is 18.2 Å². The standard InChI is InChI=1S/C16H31NO3/c1-9-20-14(18)10-17-13(5)16(8,19)12(4)15(6,7)11(2)3/h11-12,19H,9-10H2,1-8H3/b17-13-/t12?,16-/m1/s1. The molecule has 0 saturated heterocycles. The van der Waals surface area contributed by atoms with Crippen LogP contribution in [0, 0.1) is 17.3 Å². The largest absolute Gasteiger partial charge is 0.465 e. The number of carbonyl (C=O) groups excluding carboxylic acids is 1. The van der Waals surface area contributed by atoms with Crippen LogP contribution in [0.3, 0.4) is 0 Å². The number of aliphatic hydroxyl groups is 1. The van der Waals surface area contributed by atoms with Crippen LogP contribution in [0.1, 0.15) is 55.4 Å². The molecular formula is C16H31NO3. The minimum absolute atomic E-state index is 0.0148. The van der Waals surface area contributed by atoms with E-state index < -0.39 is 5.60 Å². The van der Waals surface area contributed by atoms with Gasteiger partial charge in [0, 0.05) is 5.71 Å². The molecule has 0 radical (unpaired) electrons. The summed E-state index contributed by atoms with van der Waals surface area (Å²) in [5.41, 5.74) is -0.503. The maximum absolute atomic E-state index is 11.3. The summed E-state index contributed by atoms with van der Waals surface area (Å²) in [6.07, 6.45) is 0. The van der Waals surface area contributed by atoms with Gasteiger partial charge in [-0.2, -0.15) is 0 Å². The van der Waals surface area contributed by atoms with Gasteiger partial charge in [0.15, 0.2) is 0 Å². The summed E-state index contributed by atoms with van der Waals surface area (Å²) in [7, 11) is 0. The van der Waals surface area contributed by atoms with Gasteiger partial charge in [-0.05, 0) is 38.0 Å². The van der Waals surface area contributed by atoms with Crippen LogP contribution in [0.5, 0.6) is 0 Å². The lowest BCUT2D eigenvalue weighted by molar-refractivity contribution is -0.141. The van der Waals surface area contributed by atoms with Crippen LogP contribution in [0.25, 0.3) is 0 Å². The summed E-state index contributed by atoms with van der Waals surface area (Å²) in [4.78, 5) is 15.5. The van der Waals surface area contributed by atoms with Gasteiger partial charge in [-0.1, -0.05) is 34.6 Å². The average Bonchev–Trinajstić information content (AvgIpc) is 2.34. The number of aliphatic imine (C=N–C) groups is 1. The van der Waals surface area contributed by atoms with Gasteiger partial charge in [0.1, 0.15) is 12.1 Å². The van der Waals surface area contributed by atoms with Gasteiger partial charge in [0.05, 0.1) is 6.61 Å². The second kappa shape index (κ2) is 7.21. The highest BCUT2D eigenvalue weighted by atomic mass is 16.5. The Hall–Kier alpha value is -0.900. The van der Waals surface area contributed by atoms with Gasteiger partial charge in [-0.25, -0.2) is 0 Å². The van der Waals surface area contributed by atoms with E-state index in [1.54, 1.807) is 20.8 Å². The molecule has 0 aliphatic carbocycles. The first-order valence-corrected chi connectivity index (χ1v) is 7.37. The Balaban J connectivity index is 5.02. The first kappa shape index (κ1) is 19.1. The Morgan fingerprint density at radius 3 is 2.15 bits per heavy atom. The fraction of sp³-hybridized carbons (Fsp3) is 0.875. The molecule has 0 aliphatic rings. The average molecular weight is 285 g/mol. The van der Waals surface area contributed by atoms with Crippen molar-refractivity contribution in [1.29, 1.82) is 0 Å². The Kier molecular flexibility index (Phi) is 6.88. The number of nitrogens with zero attached hydrogens (tertiary/aromatic N) is 1. The molecule has 0 saturated carbocycles. The smallest absolute Gasteiger partial charge is 0.327 e. The van der Waals surface area contributed by atoms with E-state index >= 15 is 0 Å². The van der Waals surface area contributed by atoms with Gasteiger partial charge in [0.25, 0.3) is 0 Å². The molecule has 0 bridgehead atoms. The van der Waals surface area contributed by atoms with Crippen molar-refractivity contribution in [3.63, 3.8) is 0 Å². The molecule has 0 fully saturated rings. The predicted octanol–water partition coefficient (Wildman–Crippen LogP) is 3.08. The molecule has 1 N–H and O–H groups in total. The van der Waals surface area contributed by atoms with E-state index in [1.165, 1.54) is 0 Å². The van der Waals surface area contributed by atoms with E-state index in [-0.39, 0.29) is 23.8 Å². The van der Waals surface area contributed by atoms with Crippen molar-refractivity contribution in [2.75, 3.05) is 13.2 Å². The molecule has 2 atom stereocenters. The molecule has 0 aromatic carbocycles. The van der Waals surface area contributed by atoms with Crippen molar-refractivity contribution in [3.05, 3.63) is 0 Å². The second-order valence-electron chi connectivity index (χ2n) is 6.55. The number of carbonyl (C=O) groups is 1. The summed E-state index contributed by atoms with van der Waals surface area (Å²) < 4.78 is 4.84. The molecule has 20 heavy (non-hydrogen) atoms. The van der Waals surface area contributed by atoms with E-state index in [2.05, 4.69) is 32.7 Å². The van der Waals surface area contributed by atoms with Crippen LogP contribution in [-0.4, -0.2) is 35.5 Å². The quantitative estimate of drug-likeness (QED) is 0.577. The van der Waals surface area contributed by atoms with Crippen molar-refractivity contribution >= 4 is 11.7 Å². The minimum atomic E-state index is -1.04. The van der Waals surface area contributed by atoms with Crippen molar-refractivity contribution in [3.8, 4) is 0 Å². The summed E-state index contributed by atoms with van der Waals surface area (Å²) >= 11 is 0. The fourth-order valence-corrected chi connectivity index (χ4v) is 2.09. The molecule has 0 aliphatic heterocycles. The van der Waals surface area contributed by atoms with E-state index in [9.17, 15) is 9.90 Å². The Morgan fingerprint density at radius 2 is 1.75 bits per heavy atom. The van der Waals surface area contributed by atoms with Crippen LogP contribution >= 0.6 is 0 Å². The SMILES string of the molecule is CCOC(=O)C/N=C(/C)[C@](C)(O)C(C)C(C)(C)C(C)C. The molecule has 0 amide bonds. The Morgan fingerprint density at radius 1 is 1.25 bits per heavy atom. The van der Waals surface area contributed by atoms with Gasteiger partial charge >= 0.3 is 5.97 Å². The molecule has 1 unspecified atom stereocenters. The lowest BCUT2D eigenvalue weighted by Gasteiger charge is -2.44.